The number of pyridine rings is 1. The first-order valence-electron chi connectivity index (χ1n) is 5.53. The van der Waals surface area contributed by atoms with Crippen LogP contribution in [0.3, 0.4) is 0 Å². The summed E-state index contributed by atoms with van der Waals surface area (Å²) in [4.78, 5) is 17.7. The average Bonchev–Trinajstić information content (AvgIpc) is 3.04. The van der Waals surface area contributed by atoms with Crippen molar-refractivity contribution in [3.63, 3.8) is 0 Å². The summed E-state index contributed by atoms with van der Waals surface area (Å²) >= 11 is 0. The molecule has 1 aromatic heterocycles. The van der Waals surface area contributed by atoms with E-state index in [1.165, 1.54) is 0 Å². The zero-order chi connectivity index (χ0) is 11.7. The van der Waals surface area contributed by atoms with Crippen LogP contribution in [0.1, 0.15) is 24.9 Å². The fourth-order valence-electron chi connectivity index (χ4n) is 1.82. The Morgan fingerprint density at radius 2 is 2.12 bits per heavy atom. The molecular weight excluding hydrogens is 202 g/mol. The van der Waals surface area contributed by atoms with Gasteiger partial charge >= 0.3 is 0 Å². The van der Waals surface area contributed by atoms with Gasteiger partial charge in [-0.05, 0) is 31.0 Å². The summed E-state index contributed by atoms with van der Waals surface area (Å²) in [7, 11) is 1.83. The molecule has 0 radical (unpaired) electrons. The molecule has 1 heterocycles. The standard InChI is InChI=1S/C12H17N3O/c1-8(9-3-5-14-6-4-9)15(2)12(16)10-7-11(10)13/h3-6,8,10-11H,7,13H2,1-2H3. The monoisotopic (exact) mass is 219 g/mol. The molecule has 1 saturated carbocycles. The second kappa shape index (κ2) is 4.22. The molecule has 0 bridgehead atoms. The van der Waals surface area contributed by atoms with Crippen molar-refractivity contribution in [3.05, 3.63) is 30.1 Å². The minimum atomic E-state index is 0.0364. The number of hydrogen-bond donors (Lipinski definition) is 1. The van der Waals surface area contributed by atoms with Crippen LogP contribution in [0.2, 0.25) is 0 Å². The highest BCUT2D eigenvalue weighted by Gasteiger charge is 2.42. The van der Waals surface area contributed by atoms with Crippen molar-refractivity contribution in [2.24, 2.45) is 11.7 Å². The van der Waals surface area contributed by atoms with Crippen LogP contribution in [-0.2, 0) is 4.79 Å². The van der Waals surface area contributed by atoms with Crippen molar-refractivity contribution >= 4 is 5.91 Å². The van der Waals surface area contributed by atoms with Crippen molar-refractivity contribution in [1.29, 1.82) is 0 Å². The number of amides is 1. The van der Waals surface area contributed by atoms with Gasteiger partial charge in [-0.25, -0.2) is 0 Å². The molecule has 0 aromatic carbocycles. The van der Waals surface area contributed by atoms with E-state index in [0.29, 0.717) is 0 Å². The first kappa shape index (κ1) is 11.1. The predicted octanol–water partition coefficient (Wildman–Crippen LogP) is 0.948. The van der Waals surface area contributed by atoms with Crippen LogP contribution in [0, 0.1) is 5.92 Å². The van der Waals surface area contributed by atoms with Gasteiger partial charge in [-0.3, -0.25) is 9.78 Å². The van der Waals surface area contributed by atoms with E-state index in [1.807, 2.05) is 26.1 Å². The Morgan fingerprint density at radius 1 is 1.56 bits per heavy atom. The molecule has 4 heteroatoms. The molecule has 1 fully saturated rings. The number of carbonyl (C=O) groups is 1. The fraction of sp³-hybridized carbons (Fsp3) is 0.500. The Hall–Kier alpha value is -1.42. The third-order valence-electron chi connectivity index (χ3n) is 3.27. The summed E-state index contributed by atoms with van der Waals surface area (Å²) in [5.74, 6) is 0.186. The molecule has 1 aromatic rings. The Labute approximate surface area is 95.5 Å². The smallest absolute Gasteiger partial charge is 0.227 e. The van der Waals surface area contributed by atoms with E-state index in [4.69, 9.17) is 5.73 Å². The lowest BCUT2D eigenvalue weighted by Gasteiger charge is -2.25. The van der Waals surface area contributed by atoms with Gasteiger partial charge in [0.2, 0.25) is 5.91 Å². The number of hydrogen-bond acceptors (Lipinski definition) is 3. The first-order chi connectivity index (χ1) is 7.61. The summed E-state index contributed by atoms with van der Waals surface area (Å²) in [6, 6.07) is 4.01. The average molecular weight is 219 g/mol. The van der Waals surface area contributed by atoms with Gasteiger partial charge < -0.3 is 10.6 Å². The normalized spacial score (nSPS) is 24.9. The van der Waals surface area contributed by atoms with Gasteiger partial charge in [0.25, 0.3) is 0 Å². The Kier molecular flexibility index (Phi) is 2.92. The van der Waals surface area contributed by atoms with E-state index < -0.39 is 0 Å². The Morgan fingerprint density at radius 3 is 2.62 bits per heavy atom. The molecule has 16 heavy (non-hydrogen) atoms. The second-order valence-corrected chi connectivity index (χ2v) is 4.41. The molecule has 1 amide bonds. The maximum atomic E-state index is 12.0. The van der Waals surface area contributed by atoms with Crippen LogP contribution < -0.4 is 5.73 Å². The van der Waals surface area contributed by atoms with Gasteiger partial charge in [0.05, 0.1) is 12.0 Å². The summed E-state index contributed by atoms with van der Waals surface area (Å²) in [5, 5.41) is 0. The molecule has 0 spiro atoms. The van der Waals surface area contributed by atoms with Crippen LogP contribution in [0.15, 0.2) is 24.5 Å². The molecule has 2 rings (SSSR count). The van der Waals surface area contributed by atoms with Crippen LogP contribution in [0.5, 0.6) is 0 Å². The lowest BCUT2D eigenvalue weighted by Crippen LogP contribution is -2.32. The number of rotatable bonds is 3. The van der Waals surface area contributed by atoms with Crippen LogP contribution >= 0.6 is 0 Å². The SMILES string of the molecule is CC(c1ccncc1)N(C)C(=O)C1CC1N. The molecule has 0 aliphatic heterocycles. The lowest BCUT2D eigenvalue weighted by molar-refractivity contribution is -0.133. The van der Waals surface area contributed by atoms with E-state index in [-0.39, 0.29) is 23.9 Å². The van der Waals surface area contributed by atoms with Crippen molar-refractivity contribution in [2.75, 3.05) is 7.05 Å². The highest BCUT2D eigenvalue weighted by atomic mass is 16.2. The topological polar surface area (TPSA) is 59.2 Å². The van der Waals surface area contributed by atoms with Crippen molar-refractivity contribution in [3.8, 4) is 0 Å². The zero-order valence-electron chi connectivity index (χ0n) is 9.63. The molecule has 2 N–H and O–H groups in total. The largest absolute Gasteiger partial charge is 0.339 e. The zero-order valence-corrected chi connectivity index (χ0v) is 9.63. The predicted molar refractivity (Wildman–Crippen MR) is 61.5 cm³/mol. The van der Waals surface area contributed by atoms with E-state index in [1.54, 1.807) is 17.3 Å². The number of nitrogens with two attached hydrogens (primary N) is 1. The number of aromatic nitrogens is 1. The van der Waals surface area contributed by atoms with Gasteiger partial charge in [-0.15, -0.1) is 0 Å². The fourth-order valence-corrected chi connectivity index (χ4v) is 1.82. The third kappa shape index (κ3) is 2.07. The number of carbonyl (C=O) groups excluding carboxylic acids is 1. The van der Waals surface area contributed by atoms with Crippen LogP contribution in [-0.4, -0.2) is 28.9 Å². The molecule has 1 aliphatic carbocycles. The molecule has 0 saturated heterocycles. The summed E-state index contributed by atoms with van der Waals surface area (Å²) in [6.07, 6.45) is 4.31. The Bertz CT molecular complexity index is 379. The Balaban J connectivity index is 2.04. The highest BCUT2D eigenvalue weighted by Crippen LogP contribution is 2.32. The van der Waals surface area contributed by atoms with E-state index in [2.05, 4.69) is 4.98 Å². The van der Waals surface area contributed by atoms with Crippen LogP contribution in [0.25, 0.3) is 0 Å². The summed E-state index contributed by atoms with van der Waals surface area (Å²) < 4.78 is 0. The molecule has 3 atom stereocenters. The maximum Gasteiger partial charge on any atom is 0.227 e. The minimum absolute atomic E-state index is 0.0364. The van der Waals surface area contributed by atoms with Gasteiger partial charge in [0.15, 0.2) is 0 Å². The molecule has 4 nitrogen and oxygen atoms in total. The highest BCUT2D eigenvalue weighted by molar-refractivity contribution is 5.82. The van der Waals surface area contributed by atoms with Gasteiger partial charge in [0.1, 0.15) is 0 Å². The summed E-state index contributed by atoms with van der Waals surface area (Å²) in [5.41, 5.74) is 6.78. The quantitative estimate of drug-likeness (QED) is 0.823. The van der Waals surface area contributed by atoms with Crippen LogP contribution in [0.4, 0.5) is 0 Å². The van der Waals surface area contributed by atoms with Gasteiger partial charge in [-0.2, -0.15) is 0 Å². The molecular formula is C12H17N3O. The molecule has 1 aliphatic rings. The third-order valence-corrected chi connectivity index (χ3v) is 3.27. The molecule has 3 unspecified atom stereocenters. The molecule has 86 valence electrons. The van der Waals surface area contributed by atoms with E-state index >= 15 is 0 Å². The van der Waals surface area contributed by atoms with Gasteiger partial charge in [0, 0.05) is 25.5 Å². The van der Waals surface area contributed by atoms with E-state index in [9.17, 15) is 4.79 Å². The van der Waals surface area contributed by atoms with Crippen molar-refractivity contribution < 1.29 is 4.79 Å². The minimum Gasteiger partial charge on any atom is -0.339 e. The van der Waals surface area contributed by atoms with E-state index in [0.717, 1.165) is 12.0 Å². The second-order valence-electron chi connectivity index (χ2n) is 4.41. The van der Waals surface area contributed by atoms with Crippen molar-refractivity contribution in [1.82, 2.24) is 9.88 Å². The summed E-state index contributed by atoms with van der Waals surface area (Å²) in [6.45, 7) is 2.02. The lowest BCUT2D eigenvalue weighted by atomic mass is 10.1. The maximum absolute atomic E-state index is 12.0. The number of nitrogens with zero attached hydrogens (tertiary/aromatic N) is 2. The first-order valence-corrected chi connectivity index (χ1v) is 5.53. The van der Waals surface area contributed by atoms with Crippen molar-refractivity contribution in [2.45, 2.75) is 25.4 Å². The van der Waals surface area contributed by atoms with Gasteiger partial charge in [-0.1, -0.05) is 0 Å².